The summed E-state index contributed by atoms with van der Waals surface area (Å²) in [5.74, 6) is 0.297. The van der Waals surface area contributed by atoms with E-state index in [4.69, 9.17) is 9.47 Å². The Morgan fingerprint density at radius 1 is 0.917 bits per heavy atom. The van der Waals surface area contributed by atoms with Crippen molar-refractivity contribution in [2.24, 2.45) is 5.10 Å². The van der Waals surface area contributed by atoms with Crippen molar-refractivity contribution >= 4 is 23.7 Å². The Hall–Kier alpha value is -4.34. The monoisotopic (exact) mass is 499 g/mol. The van der Waals surface area contributed by atoms with E-state index in [0.29, 0.717) is 29.4 Å². The summed E-state index contributed by atoms with van der Waals surface area (Å²) in [6.07, 6.45) is -3.33. The van der Waals surface area contributed by atoms with E-state index < -0.39 is 17.6 Å². The van der Waals surface area contributed by atoms with Crippen molar-refractivity contribution in [3.63, 3.8) is 0 Å². The summed E-state index contributed by atoms with van der Waals surface area (Å²) in [5, 5.41) is 6.54. The lowest BCUT2D eigenvalue weighted by atomic mass is 10.1. The predicted octanol–water partition coefficient (Wildman–Crippen LogP) is 4.81. The van der Waals surface area contributed by atoms with Gasteiger partial charge in [0.2, 0.25) is 5.91 Å². The van der Waals surface area contributed by atoms with E-state index in [1.165, 1.54) is 18.3 Å². The number of anilines is 1. The van der Waals surface area contributed by atoms with E-state index in [1.807, 2.05) is 6.92 Å². The minimum absolute atomic E-state index is 0.188. The van der Waals surface area contributed by atoms with Crippen molar-refractivity contribution in [3.05, 3.63) is 89.5 Å². The second-order valence-corrected chi connectivity index (χ2v) is 7.53. The smallest absolute Gasteiger partial charge is 0.416 e. The topological polar surface area (TPSA) is 89.0 Å². The molecule has 2 amide bonds. The molecule has 0 atom stereocenters. The number of hydrogen-bond donors (Lipinski definition) is 2. The zero-order valence-electron chi connectivity index (χ0n) is 19.3. The highest BCUT2D eigenvalue weighted by molar-refractivity contribution is 5.92. The second kappa shape index (κ2) is 12.4. The highest BCUT2D eigenvalue weighted by Crippen LogP contribution is 2.29. The molecule has 0 saturated heterocycles. The summed E-state index contributed by atoms with van der Waals surface area (Å²) >= 11 is 0. The van der Waals surface area contributed by atoms with Gasteiger partial charge in [-0.3, -0.25) is 9.59 Å². The first kappa shape index (κ1) is 26.3. The molecule has 2 N–H and O–H groups in total. The number of amides is 2. The van der Waals surface area contributed by atoms with Crippen LogP contribution < -0.4 is 20.2 Å². The van der Waals surface area contributed by atoms with Crippen LogP contribution in [0.5, 0.6) is 11.5 Å². The van der Waals surface area contributed by atoms with E-state index in [9.17, 15) is 22.8 Å². The lowest BCUT2D eigenvalue weighted by Crippen LogP contribution is -2.20. The van der Waals surface area contributed by atoms with Crippen LogP contribution in [-0.4, -0.2) is 31.2 Å². The molecule has 0 saturated carbocycles. The Morgan fingerprint density at radius 2 is 1.58 bits per heavy atom. The first-order valence-electron chi connectivity index (χ1n) is 11.0. The van der Waals surface area contributed by atoms with Gasteiger partial charge in [0, 0.05) is 5.69 Å². The molecule has 7 nitrogen and oxygen atoms in total. The number of nitrogens with one attached hydrogen (secondary N) is 2. The zero-order chi connectivity index (χ0) is 26.0. The zero-order valence-corrected chi connectivity index (χ0v) is 19.3. The number of hydrogen-bond acceptors (Lipinski definition) is 5. The maximum absolute atomic E-state index is 12.8. The Kier molecular flexibility index (Phi) is 9.04. The number of alkyl halides is 3. The molecule has 0 radical (unpaired) electrons. The second-order valence-electron chi connectivity index (χ2n) is 7.53. The van der Waals surface area contributed by atoms with E-state index >= 15 is 0 Å². The van der Waals surface area contributed by atoms with Gasteiger partial charge in [0.05, 0.1) is 24.8 Å². The van der Waals surface area contributed by atoms with Gasteiger partial charge in [-0.05, 0) is 72.6 Å². The number of ether oxygens (including phenoxy) is 2. The van der Waals surface area contributed by atoms with E-state index in [0.717, 1.165) is 12.1 Å². The van der Waals surface area contributed by atoms with Gasteiger partial charge in [-0.2, -0.15) is 18.3 Å². The van der Waals surface area contributed by atoms with E-state index in [2.05, 4.69) is 15.8 Å². The van der Waals surface area contributed by atoms with Gasteiger partial charge >= 0.3 is 6.18 Å². The first-order chi connectivity index (χ1) is 17.2. The van der Waals surface area contributed by atoms with Gasteiger partial charge in [-0.25, -0.2) is 5.43 Å². The number of benzene rings is 3. The maximum atomic E-state index is 12.8. The van der Waals surface area contributed by atoms with Crippen LogP contribution in [0.2, 0.25) is 0 Å². The van der Waals surface area contributed by atoms with Crippen molar-refractivity contribution in [2.45, 2.75) is 19.5 Å². The molecule has 0 bridgehead atoms. The van der Waals surface area contributed by atoms with Crippen molar-refractivity contribution < 1.29 is 32.2 Å². The average molecular weight is 499 g/mol. The van der Waals surface area contributed by atoms with Gasteiger partial charge in [-0.1, -0.05) is 18.2 Å². The minimum Gasteiger partial charge on any atom is -0.494 e. The van der Waals surface area contributed by atoms with Crippen LogP contribution in [0.15, 0.2) is 77.9 Å². The molecular formula is C26H24F3N3O4. The number of rotatable bonds is 10. The molecule has 3 aromatic rings. The SMILES string of the molecule is CCOc1ccc(NC(=O)COc2ccc(/C=N\NC(=O)Cc3cccc(C(F)(F)F)c3)cc2)cc1. The van der Waals surface area contributed by atoms with Crippen LogP contribution in [0, 0.1) is 0 Å². The molecule has 10 heteroatoms. The first-order valence-corrected chi connectivity index (χ1v) is 11.0. The van der Waals surface area contributed by atoms with Crippen molar-refractivity contribution in [1.29, 1.82) is 0 Å². The largest absolute Gasteiger partial charge is 0.494 e. The Labute approximate surface area is 205 Å². The summed E-state index contributed by atoms with van der Waals surface area (Å²) in [5.41, 5.74) is 2.96. The fourth-order valence-corrected chi connectivity index (χ4v) is 3.06. The van der Waals surface area contributed by atoms with Crippen molar-refractivity contribution in [3.8, 4) is 11.5 Å². The number of carbonyl (C=O) groups is 2. The van der Waals surface area contributed by atoms with Gasteiger partial charge in [0.1, 0.15) is 11.5 Å². The van der Waals surface area contributed by atoms with Gasteiger partial charge in [0.25, 0.3) is 5.91 Å². The van der Waals surface area contributed by atoms with Crippen LogP contribution in [0.25, 0.3) is 0 Å². The maximum Gasteiger partial charge on any atom is 0.416 e. The number of hydrazone groups is 1. The molecule has 188 valence electrons. The van der Waals surface area contributed by atoms with Gasteiger partial charge < -0.3 is 14.8 Å². The average Bonchev–Trinajstić information content (AvgIpc) is 2.84. The molecule has 36 heavy (non-hydrogen) atoms. The molecular weight excluding hydrogens is 475 g/mol. The third-order valence-corrected chi connectivity index (χ3v) is 4.72. The summed E-state index contributed by atoms with van der Waals surface area (Å²) in [6, 6.07) is 18.2. The molecule has 3 aromatic carbocycles. The van der Waals surface area contributed by atoms with Gasteiger partial charge in [-0.15, -0.1) is 0 Å². The van der Waals surface area contributed by atoms with E-state index in [-0.39, 0.29) is 24.5 Å². The summed E-state index contributed by atoms with van der Waals surface area (Å²) in [6.45, 7) is 2.26. The Balaban J connectivity index is 1.42. The predicted molar refractivity (Wildman–Crippen MR) is 129 cm³/mol. The third kappa shape index (κ3) is 8.46. The quantitative estimate of drug-likeness (QED) is 0.309. The fourth-order valence-electron chi connectivity index (χ4n) is 3.06. The standard InChI is InChI=1S/C26H24F3N3O4/c1-2-35-22-12-8-21(9-13-22)31-25(34)17-36-23-10-6-18(7-11-23)16-30-32-24(33)15-19-4-3-5-20(14-19)26(27,28)29/h3-14,16H,2,15,17H2,1H3,(H,31,34)(H,32,33)/b30-16-. The molecule has 0 unspecified atom stereocenters. The van der Waals surface area contributed by atoms with Crippen LogP contribution in [0.3, 0.4) is 0 Å². The van der Waals surface area contributed by atoms with Crippen LogP contribution in [-0.2, 0) is 22.2 Å². The Bertz CT molecular complexity index is 1190. The molecule has 0 heterocycles. The van der Waals surface area contributed by atoms with Crippen LogP contribution in [0.1, 0.15) is 23.6 Å². The summed E-state index contributed by atoms with van der Waals surface area (Å²) in [7, 11) is 0. The highest BCUT2D eigenvalue weighted by Gasteiger charge is 2.30. The summed E-state index contributed by atoms with van der Waals surface area (Å²) in [4.78, 5) is 24.1. The Morgan fingerprint density at radius 3 is 2.25 bits per heavy atom. The molecule has 0 aliphatic carbocycles. The lowest BCUT2D eigenvalue weighted by Gasteiger charge is -2.09. The molecule has 0 aliphatic heterocycles. The normalized spacial score (nSPS) is 11.2. The van der Waals surface area contributed by atoms with Gasteiger partial charge in [0.15, 0.2) is 6.61 Å². The van der Waals surface area contributed by atoms with Crippen molar-refractivity contribution in [1.82, 2.24) is 5.43 Å². The molecule has 0 aromatic heterocycles. The van der Waals surface area contributed by atoms with Crippen LogP contribution in [0.4, 0.5) is 18.9 Å². The number of nitrogens with zero attached hydrogens (tertiary/aromatic N) is 1. The number of carbonyl (C=O) groups excluding carboxylic acids is 2. The lowest BCUT2D eigenvalue weighted by molar-refractivity contribution is -0.137. The van der Waals surface area contributed by atoms with Crippen molar-refractivity contribution in [2.75, 3.05) is 18.5 Å². The molecule has 0 aliphatic rings. The third-order valence-electron chi connectivity index (χ3n) is 4.72. The number of halogens is 3. The highest BCUT2D eigenvalue weighted by atomic mass is 19.4. The minimum atomic E-state index is -4.47. The van der Waals surface area contributed by atoms with E-state index in [1.54, 1.807) is 48.5 Å². The molecule has 0 spiro atoms. The molecule has 0 fully saturated rings. The van der Waals surface area contributed by atoms with Crippen LogP contribution >= 0.6 is 0 Å². The fraction of sp³-hybridized carbons (Fsp3) is 0.192. The molecule has 3 rings (SSSR count). The summed E-state index contributed by atoms with van der Waals surface area (Å²) < 4.78 is 49.2.